The van der Waals surface area contributed by atoms with Crippen LogP contribution < -0.4 is 10.0 Å². The Balaban J connectivity index is 3.07. The minimum atomic E-state index is -3.77. The second-order valence-electron chi connectivity index (χ2n) is 4.02. The van der Waals surface area contributed by atoms with Crippen LogP contribution in [0.15, 0.2) is 23.1 Å². The fourth-order valence-electron chi connectivity index (χ4n) is 1.58. The molecule has 1 rings (SSSR count). The van der Waals surface area contributed by atoms with Crippen LogP contribution in [0.3, 0.4) is 0 Å². The standard InChI is InChI=1S/C12H18N2O5S/c1-2-13-11-5-4-9(8-10(11)12(16)17)20(18,19)14-6-3-7-15/h4-5,8,13-15H,2-3,6-7H2,1H3,(H,16,17). The van der Waals surface area contributed by atoms with Crippen molar-refractivity contribution in [2.24, 2.45) is 0 Å². The second-order valence-corrected chi connectivity index (χ2v) is 5.78. The Kier molecular flexibility index (Phi) is 5.93. The highest BCUT2D eigenvalue weighted by molar-refractivity contribution is 7.89. The number of benzene rings is 1. The zero-order valence-electron chi connectivity index (χ0n) is 11.1. The first kappa shape index (κ1) is 16.4. The smallest absolute Gasteiger partial charge is 0.337 e. The fraction of sp³-hybridized carbons (Fsp3) is 0.417. The van der Waals surface area contributed by atoms with E-state index in [1.54, 1.807) is 0 Å². The number of hydrogen-bond donors (Lipinski definition) is 4. The molecule has 0 aromatic heterocycles. The Morgan fingerprint density at radius 2 is 2.05 bits per heavy atom. The van der Waals surface area contributed by atoms with Crippen LogP contribution in [0.4, 0.5) is 5.69 Å². The summed E-state index contributed by atoms with van der Waals surface area (Å²) in [6, 6.07) is 3.88. The van der Waals surface area contributed by atoms with Crippen LogP contribution in [-0.2, 0) is 10.0 Å². The van der Waals surface area contributed by atoms with Gasteiger partial charge in [-0.1, -0.05) is 0 Å². The van der Waals surface area contributed by atoms with Gasteiger partial charge in [-0.2, -0.15) is 0 Å². The molecule has 0 amide bonds. The van der Waals surface area contributed by atoms with Crippen LogP contribution in [0.5, 0.6) is 0 Å². The Labute approximate surface area is 117 Å². The number of hydrogen-bond acceptors (Lipinski definition) is 5. The molecule has 0 spiro atoms. The van der Waals surface area contributed by atoms with Crippen LogP contribution in [0.1, 0.15) is 23.7 Å². The summed E-state index contributed by atoms with van der Waals surface area (Å²) in [5.74, 6) is -1.20. The summed E-state index contributed by atoms with van der Waals surface area (Å²) in [6.07, 6.45) is 0.292. The number of carbonyl (C=O) groups is 1. The van der Waals surface area contributed by atoms with E-state index in [1.807, 2.05) is 6.92 Å². The van der Waals surface area contributed by atoms with Crippen LogP contribution in [0.2, 0.25) is 0 Å². The van der Waals surface area contributed by atoms with E-state index in [0.717, 1.165) is 6.07 Å². The van der Waals surface area contributed by atoms with E-state index in [0.29, 0.717) is 18.7 Å². The van der Waals surface area contributed by atoms with Gasteiger partial charge >= 0.3 is 5.97 Å². The van der Waals surface area contributed by atoms with Crippen molar-refractivity contribution in [1.82, 2.24) is 4.72 Å². The minimum absolute atomic E-state index is 0.0935. The molecule has 4 N–H and O–H groups in total. The molecule has 20 heavy (non-hydrogen) atoms. The fourth-order valence-corrected chi connectivity index (χ4v) is 2.68. The van der Waals surface area contributed by atoms with Gasteiger partial charge in [0.2, 0.25) is 10.0 Å². The lowest BCUT2D eigenvalue weighted by atomic mass is 10.2. The molecule has 1 aromatic carbocycles. The van der Waals surface area contributed by atoms with E-state index < -0.39 is 16.0 Å². The van der Waals surface area contributed by atoms with E-state index >= 15 is 0 Å². The van der Waals surface area contributed by atoms with Crippen molar-refractivity contribution in [3.8, 4) is 0 Å². The maximum Gasteiger partial charge on any atom is 0.337 e. The Morgan fingerprint density at radius 3 is 2.60 bits per heavy atom. The maximum atomic E-state index is 11.9. The predicted octanol–water partition coefficient (Wildman–Crippen LogP) is 0.477. The molecule has 0 unspecified atom stereocenters. The summed E-state index contributed by atoms with van der Waals surface area (Å²) in [7, 11) is -3.77. The third kappa shape index (κ3) is 4.19. The van der Waals surface area contributed by atoms with Gasteiger partial charge in [0.05, 0.1) is 10.5 Å². The number of carboxylic acid groups (broad SMARTS) is 1. The Bertz CT molecular complexity index is 571. The molecular formula is C12H18N2O5S. The molecule has 0 saturated carbocycles. The lowest BCUT2D eigenvalue weighted by Gasteiger charge is -2.11. The highest BCUT2D eigenvalue weighted by Crippen LogP contribution is 2.20. The molecule has 8 heteroatoms. The van der Waals surface area contributed by atoms with E-state index in [4.69, 9.17) is 10.2 Å². The van der Waals surface area contributed by atoms with Gasteiger partial charge < -0.3 is 15.5 Å². The molecule has 7 nitrogen and oxygen atoms in total. The van der Waals surface area contributed by atoms with E-state index in [1.165, 1.54) is 12.1 Å². The quantitative estimate of drug-likeness (QED) is 0.519. The summed E-state index contributed by atoms with van der Waals surface area (Å²) in [5.41, 5.74) is 0.270. The molecule has 0 bridgehead atoms. The number of aliphatic hydroxyl groups is 1. The van der Waals surface area contributed by atoms with Gasteiger partial charge in [-0.3, -0.25) is 0 Å². The maximum absolute atomic E-state index is 11.9. The molecule has 0 aliphatic heterocycles. The Hall–Kier alpha value is -1.64. The SMILES string of the molecule is CCNc1ccc(S(=O)(=O)NCCCO)cc1C(=O)O. The molecular weight excluding hydrogens is 284 g/mol. The average Bonchev–Trinajstić information content (AvgIpc) is 2.39. The van der Waals surface area contributed by atoms with Crippen molar-refractivity contribution in [1.29, 1.82) is 0 Å². The van der Waals surface area contributed by atoms with Crippen molar-refractivity contribution >= 4 is 21.7 Å². The van der Waals surface area contributed by atoms with E-state index in [-0.39, 0.29) is 23.6 Å². The summed E-state index contributed by atoms with van der Waals surface area (Å²) in [4.78, 5) is 11.0. The van der Waals surface area contributed by atoms with Gasteiger partial charge in [-0.15, -0.1) is 0 Å². The molecule has 0 radical (unpaired) electrons. The molecule has 1 aromatic rings. The van der Waals surface area contributed by atoms with Crippen LogP contribution in [-0.4, -0.2) is 44.3 Å². The second kappa shape index (κ2) is 7.22. The van der Waals surface area contributed by atoms with Gasteiger partial charge in [0.15, 0.2) is 0 Å². The molecule has 0 saturated heterocycles. The van der Waals surface area contributed by atoms with Gasteiger partial charge in [-0.05, 0) is 31.5 Å². The first-order chi connectivity index (χ1) is 9.42. The van der Waals surface area contributed by atoms with Gasteiger partial charge in [0.1, 0.15) is 0 Å². The third-order valence-electron chi connectivity index (χ3n) is 2.53. The minimum Gasteiger partial charge on any atom is -0.478 e. The number of rotatable bonds is 8. The lowest BCUT2D eigenvalue weighted by Crippen LogP contribution is -2.25. The normalized spacial score (nSPS) is 11.3. The topological polar surface area (TPSA) is 116 Å². The number of carboxylic acids is 1. The third-order valence-corrected chi connectivity index (χ3v) is 3.98. The monoisotopic (exact) mass is 302 g/mol. The van der Waals surface area contributed by atoms with Crippen molar-refractivity contribution in [3.63, 3.8) is 0 Å². The van der Waals surface area contributed by atoms with Gasteiger partial charge in [0.25, 0.3) is 0 Å². The zero-order valence-corrected chi connectivity index (χ0v) is 11.9. The average molecular weight is 302 g/mol. The number of aliphatic hydroxyl groups excluding tert-OH is 1. The molecule has 112 valence electrons. The summed E-state index contributed by atoms with van der Waals surface area (Å²) >= 11 is 0. The highest BCUT2D eigenvalue weighted by Gasteiger charge is 2.18. The van der Waals surface area contributed by atoms with Crippen molar-refractivity contribution in [3.05, 3.63) is 23.8 Å². The van der Waals surface area contributed by atoms with Gasteiger partial charge in [-0.25, -0.2) is 17.9 Å². The largest absolute Gasteiger partial charge is 0.478 e. The molecule has 0 aliphatic carbocycles. The molecule has 0 heterocycles. The molecule has 0 aliphatic rings. The van der Waals surface area contributed by atoms with Crippen LogP contribution >= 0.6 is 0 Å². The summed E-state index contributed by atoms with van der Waals surface area (Å²) < 4.78 is 26.2. The highest BCUT2D eigenvalue weighted by atomic mass is 32.2. The van der Waals surface area contributed by atoms with E-state index in [9.17, 15) is 13.2 Å². The first-order valence-corrected chi connectivity index (χ1v) is 7.62. The van der Waals surface area contributed by atoms with E-state index in [2.05, 4.69) is 10.0 Å². The summed E-state index contributed by atoms with van der Waals surface area (Å²) in [5, 5.41) is 20.6. The van der Waals surface area contributed by atoms with Crippen molar-refractivity contribution in [2.45, 2.75) is 18.2 Å². The zero-order chi connectivity index (χ0) is 15.2. The number of aromatic carboxylic acids is 1. The molecule has 0 atom stereocenters. The predicted molar refractivity (Wildman–Crippen MR) is 74.5 cm³/mol. The Morgan fingerprint density at radius 1 is 1.35 bits per heavy atom. The lowest BCUT2D eigenvalue weighted by molar-refractivity contribution is 0.0697. The molecule has 0 fully saturated rings. The number of sulfonamides is 1. The van der Waals surface area contributed by atoms with Crippen molar-refractivity contribution < 1.29 is 23.4 Å². The number of anilines is 1. The number of nitrogens with one attached hydrogen (secondary N) is 2. The first-order valence-electron chi connectivity index (χ1n) is 6.14. The van der Waals surface area contributed by atoms with Crippen molar-refractivity contribution in [2.75, 3.05) is 25.0 Å². The van der Waals surface area contributed by atoms with Gasteiger partial charge in [0, 0.05) is 25.4 Å². The summed E-state index contributed by atoms with van der Waals surface area (Å²) in [6.45, 7) is 2.31. The van der Waals surface area contributed by atoms with Crippen LogP contribution in [0, 0.1) is 0 Å². The van der Waals surface area contributed by atoms with Crippen LogP contribution in [0.25, 0.3) is 0 Å².